The minimum absolute atomic E-state index is 0.249. The summed E-state index contributed by atoms with van der Waals surface area (Å²) >= 11 is 0. The summed E-state index contributed by atoms with van der Waals surface area (Å²) in [6.07, 6.45) is 5.84. The predicted molar refractivity (Wildman–Crippen MR) is 87.7 cm³/mol. The highest BCUT2D eigenvalue weighted by Gasteiger charge is 2.37. The van der Waals surface area contributed by atoms with Gasteiger partial charge in [-0.15, -0.1) is 0 Å². The van der Waals surface area contributed by atoms with Gasteiger partial charge in [0.1, 0.15) is 0 Å². The monoisotopic (exact) mass is 274 g/mol. The quantitative estimate of drug-likeness (QED) is 0.515. The van der Waals surface area contributed by atoms with Gasteiger partial charge in [-0.25, -0.2) is 0 Å². The van der Waals surface area contributed by atoms with Crippen LogP contribution in [0.3, 0.4) is 0 Å². The summed E-state index contributed by atoms with van der Waals surface area (Å²) < 4.78 is 6.28. The molecular formula is C17H26OSi. The average molecular weight is 274 g/mol. The summed E-state index contributed by atoms with van der Waals surface area (Å²) in [5.74, 6) is 0. The fourth-order valence-corrected chi connectivity index (χ4v) is 2.42. The molecule has 0 fully saturated rings. The molecule has 0 bridgehead atoms. The van der Waals surface area contributed by atoms with Crippen LogP contribution in [0.2, 0.25) is 18.1 Å². The smallest absolute Gasteiger partial charge is 0.192 e. The molecule has 0 aliphatic rings. The first-order chi connectivity index (χ1) is 8.78. The van der Waals surface area contributed by atoms with E-state index in [1.54, 1.807) is 6.08 Å². The Labute approximate surface area is 119 Å². The normalized spacial score (nSPS) is 12.9. The fraction of sp³-hybridized carbons (Fsp3) is 0.412. The Balaban J connectivity index is 2.84. The lowest BCUT2D eigenvalue weighted by atomic mass is 10.1. The van der Waals surface area contributed by atoms with E-state index in [4.69, 9.17) is 4.43 Å². The van der Waals surface area contributed by atoms with Crippen molar-refractivity contribution in [1.29, 1.82) is 0 Å². The Morgan fingerprint density at radius 2 is 1.84 bits per heavy atom. The molecule has 1 aromatic rings. The first-order valence-corrected chi connectivity index (χ1v) is 9.70. The summed E-state index contributed by atoms with van der Waals surface area (Å²) in [5, 5.41) is 0.249. The van der Waals surface area contributed by atoms with E-state index in [2.05, 4.69) is 70.8 Å². The van der Waals surface area contributed by atoms with Gasteiger partial charge in [-0.1, -0.05) is 69.8 Å². The molecule has 0 saturated carbocycles. The lowest BCUT2D eigenvalue weighted by Gasteiger charge is -2.36. The average Bonchev–Trinajstić information content (AvgIpc) is 2.33. The molecule has 0 radical (unpaired) electrons. The molecule has 1 aromatic carbocycles. The molecule has 0 amide bonds. The maximum Gasteiger partial charge on any atom is 0.192 e. The highest BCUT2D eigenvalue weighted by Crippen LogP contribution is 2.37. The lowest BCUT2D eigenvalue weighted by molar-refractivity contribution is 0.276. The second-order valence-corrected chi connectivity index (χ2v) is 11.2. The number of benzene rings is 1. The van der Waals surface area contributed by atoms with Crippen molar-refractivity contribution < 1.29 is 4.43 Å². The van der Waals surface area contributed by atoms with Crippen LogP contribution in [-0.2, 0) is 11.0 Å². The number of hydrogen-bond donors (Lipinski definition) is 0. The zero-order chi connectivity index (χ0) is 14.5. The van der Waals surface area contributed by atoms with Crippen molar-refractivity contribution in [3.05, 3.63) is 54.1 Å². The first-order valence-electron chi connectivity index (χ1n) is 6.79. The van der Waals surface area contributed by atoms with Crippen LogP contribution in [0.15, 0.2) is 43.0 Å². The molecule has 0 heterocycles. The van der Waals surface area contributed by atoms with E-state index in [1.807, 2.05) is 6.08 Å². The third kappa shape index (κ3) is 4.48. The van der Waals surface area contributed by atoms with E-state index in [-0.39, 0.29) is 5.04 Å². The molecule has 0 aliphatic carbocycles. The Morgan fingerprint density at radius 3 is 2.42 bits per heavy atom. The second-order valence-electron chi connectivity index (χ2n) is 6.34. The topological polar surface area (TPSA) is 9.23 Å². The molecule has 1 nitrogen and oxygen atoms in total. The SMILES string of the molecule is C=C/C=C/c1ccccc1CO[Si](C)(C)C(C)(C)C. The van der Waals surface area contributed by atoms with Crippen LogP contribution < -0.4 is 0 Å². The molecule has 0 aliphatic heterocycles. The number of hydrogen-bond acceptors (Lipinski definition) is 1. The molecular weight excluding hydrogens is 248 g/mol. The van der Waals surface area contributed by atoms with Crippen LogP contribution in [0.25, 0.3) is 6.08 Å². The Morgan fingerprint density at radius 1 is 1.21 bits per heavy atom. The number of allylic oxidation sites excluding steroid dienone is 2. The van der Waals surface area contributed by atoms with Gasteiger partial charge < -0.3 is 4.43 Å². The van der Waals surface area contributed by atoms with E-state index < -0.39 is 8.32 Å². The van der Waals surface area contributed by atoms with Gasteiger partial charge in [-0.2, -0.15) is 0 Å². The zero-order valence-electron chi connectivity index (χ0n) is 12.9. The van der Waals surface area contributed by atoms with Crippen molar-refractivity contribution >= 4 is 14.4 Å². The van der Waals surface area contributed by atoms with Gasteiger partial charge in [-0.3, -0.25) is 0 Å². The second kappa shape index (κ2) is 6.35. The fourth-order valence-electron chi connectivity index (χ4n) is 1.47. The maximum atomic E-state index is 6.28. The molecule has 2 heteroatoms. The molecule has 0 aromatic heterocycles. The third-order valence-corrected chi connectivity index (χ3v) is 8.34. The van der Waals surface area contributed by atoms with E-state index in [0.29, 0.717) is 6.61 Å². The van der Waals surface area contributed by atoms with E-state index >= 15 is 0 Å². The van der Waals surface area contributed by atoms with Gasteiger partial charge in [0.15, 0.2) is 8.32 Å². The molecule has 0 saturated heterocycles. The lowest BCUT2D eigenvalue weighted by Crippen LogP contribution is -2.40. The van der Waals surface area contributed by atoms with Crippen molar-refractivity contribution in [2.45, 2.75) is 45.5 Å². The zero-order valence-corrected chi connectivity index (χ0v) is 13.9. The third-order valence-electron chi connectivity index (χ3n) is 3.86. The summed E-state index contributed by atoms with van der Waals surface area (Å²) in [5.41, 5.74) is 2.45. The predicted octanol–water partition coefficient (Wildman–Crippen LogP) is 5.41. The first kappa shape index (κ1) is 15.9. The highest BCUT2D eigenvalue weighted by atomic mass is 28.4. The Bertz CT molecular complexity index is 453. The largest absolute Gasteiger partial charge is 0.413 e. The summed E-state index contributed by atoms with van der Waals surface area (Å²) in [7, 11) is -1.69. The summed E-state index contributed by atoms with van der Waals surface area (Å²) in [4.78, 5) is 0. The Kier molecular flexibility index (Phi) is 5.33. The van der Waals surface area contributed by atoms with Crippen molar-refractivity contribution in [1.82, 2.24) is 0 Å². The van der Waals surface area contributed by atoms with Crippen molar-refractivity contribution in [2.75, 3.05) is 0 Å². The molecule has 1 rings (SSSR count). The van der Waals surface area contributed by atoms with E-state index in [9.17, 15) is 0 Å². The van der Waals surface area contributed by atoms with E-state index in [0.717, 1.165) is 0 Å². The van der Waals surface area contributed by atoms with Gasteiger partial charge >= 0.3 is 0 Å². The maximum absolute atomic E-state index is 6.28. The van der Waals surface area contributed by atoms with Crippen LogP contribution >= 0.6 is 0 Å². The molecule has 19 heavy (non-hydrogen) atoms. The van der Waals surface area contributed by atoms with Gasteiger partial charge in [0, 0.05) is 0 Å². The summed E-state index contributed by atoms with van der Waals surface area (Å²) in [6, 6.07) is 8.37. The van der Waals surface area contributed by atoms with Gasteiger partial charge in [0.05, 0.1) is 6.61 Å². The van der Waals surface area contributed by atoms with Crippen LogP contribution in [0.1, 0.15) is 31.9 Å². The van der Waals surface area contributed by atoms with Gasteiger partial charge in [0.25, 0.3) is 0 Å². The van der Waals surface area contributed by atoms with E-state index in [1.165, 1.54) is 11.1 Å². The molecule has 0 spiro atoms. The van der Waals surface area contributed by atoms with Gasteiger partial charge in [0.2, 0.25) is 0 Å². The minimum atomic E-state index is -1.69. The molecule has 0 unspecified atom stereocenters. The van der Waals surface area contributed by atoms with Crippen LogP contribution in [0.4, 0.5) is 0 Å². The summed E-state index contributed by atoms with van der Waals surface area (Å²) in [6.45, 7) is 15.8. The highest BCUT2D eigenvalue weighted by molar-refractivity contribution is 6.74. The molecule has 104 valence electrons. The Hall–Kier alpha value is -1.12. The van der Waals surface area contributed by atoms with Crippen molar-refractivity contribution in [3.8, 4) is 0 Å². The molecule has 0 atom stereocenters. The molecule has 0 N–H and O–H groups in total. The van der Waals surface area contributed by atoms with Crippen molar-refractivity contribution in [3.63, 3.8) is 0 Å². The van der Waals surface area contributed by atoms with Crippen molar-refractivity contribution in [2.24, 2.45) is 0 Å². The minimum Gasteiger partial charge on any atom is -0.413 e. The standard InChI is InChI=1S/C17H26OSi/c1-7-8-11-15-12-9-10-13-16(15)14-18-19(5,6)17(2,3)4/h7-13H,1,14H2,2-6H3/b11-8+. The van der Waals surface area contributed by atoms with Gasteiger partial charge in [-0.05, 0) is 29.3 Å². The number of rotatable bonds is 5. The van der Waals surface area contributed by atoms with Crippen LogP contribution in [0.5, 0.6) is 0 Å². The van der Waals surface area contributed by atoms with Crippen LogP contribution in [0, 0.1) is 0 Å². The van der Waals surface area contributed by atoms with Crippen LogP contribution in [-0.4, -0.2) is 8.32 Å².